The molecule has 1 aliphatic rings. The van der Waals surface area contributed by atoms with Gasteiger partial charge in [0.2, 0.25) is 5.91 Å². The van der Waals surface area contributed by atoms with Gasteiger partial charge in [0.15, 0.2) is 0 Å². The molecular weight excluding hydrogens is 488 g/mol. The topological polar surface area (TPSA) is 97.0 Å². The van der Waals surface area contributed by atoms with Crippen molar-refractivity contribution in [2.24, 2.45) is 5.10 Å². The van der Waals surface area contributed by atoms with Crippen molar-refractivity contribution in [3.63, 3.8) is 0 Å². The van der Waals surface area contributed by atoms with Gasteiger partial charge in [0.25, 0.3) is 0 Å². The zero-order chi connectivity index (χ0) is 25.8. The van der Waals surface area contributed by atoms with E-state index in [2.05, 4.69) is 0 Å². The zero-order valence-corrected chi connectivity index (χ0v) is 21.1. The number of hydrogen-bond donors (Lipinski definition) is 1. The summed E-state index contributed by atoms with van der Waals surface area (Å²) in [7, 11) is 1.63. The number of hydrogen-bond acceptors (Lipinski definition) is 6. The first-order valence-corrected chi connectivity index (χ1v) is 12.9. The maximum Gasteiger partial charge on any atom is 0.303 e. The molecule has 0 radical (unpaired) electrons. The molecule has 188 valence electrons. The fraction of sp³-hybridized carbons (Fsp3) is 0.214. The molecule has 2 aromatic heterocycles. The first kappa shape index (κ1) is 24.5. The van der Waals surface area contributed by atoms with Crippen LogP contribution in [0.5, 0.6) is 5.75 Å². The molecule has 0 fully saturated rings. The minimum Gasteiger partial charge on any atom is -0.497 e. The number of carbonyl (C=O) groups is 2. The standard InChI is InChI=1S/C28H26N4O4S/c1-36-21-14-12-19(13-15-21)28-22(18-31(30-28)20-7-3-2-4-8-20)24-17-23(25-9-6-16-37-25)29-32(24)26(33)10-5-11-27(34)35/h2-4,6-9,12-16,18,24H,5,10-11,17H2,1H3,(H,34,35)/t24-/m1/s1. The molecule has 0 aliphatic carbocycles. The van der Waals surface area contributed by atoms with Crippen LogP contribution in [-0.4, -0.2) is 44.6 Å². The lowest BCUT2D eigenvalue weighted by Gasteiger charge is -2.22. The number of nitrogens with zero attached hydrogens (tertiary/aromatic N) is 4. The highest BCUT2D eigenvalue weighted by molar-refractivity contribution is 7.12. The summed E-state index contributed by atoms with van der Waals surface area (Å²) in [6.07, 6.45) is 2.80. The number of benzene rings is 2. The highest BCUT2D eigenvalue weighted by Gasteiger charge is 2.36. The van der Waals surface area contributed by atoms with Crippen LogP contribution in [0.4, 0.5) is 0 Å². The third kappa shape index (κ3) is 5.31. The first-order valence-electron chi connectivity index (χ1n) is 12.0. The third-order valence-corrected chi connectivity index (χ3v) is 7.16. The first-order chi connectivity index (χ1) is 18.0. The maximum absolute atomic E-state index is 13.3. The van der Waals surface area contributed by atoms with Crippen LogP contribution in [0.2, 0.25) is 0 Å². The van der Waals surface area contributed by atoms with Gasteiger partial charge < -0.3 is 9.84 Å². The Morgan fingerprint density at radius 1 is 1.05 bits per heavy atom. The second-order valence-corrected chi connectivity index (χ2v) is 9.62. The van der Waals surface area contributed by atoms with Crippen LogP contribution in [0.3, 0.4) is 0 Å². The van der Waals surface area contributed by atoms with E-state index < -0.39 is 5.97 Å². The molecule has 1 N–H and O–H groups in total. The molecule has 9 heteroatoms. The Morgan fingerprint density at radius 2 is 1.84 bits per heavy atom. The number of carboxylic acid groups (broad SMARTS) is 1. The quantitative estimate of drug-likeness (QED) is 0.316. The van der Waals surface area contributed by atoms with Crippen LogP contribution < -0.4 is 4.74 Å². The van der Waals surface area contributed by atoms with E-state index in [9.17, 15) is 9.59 Å². The monoisotopic (exact) mass is 514 g/mol. The molecule has 37 heavy (non-hydrogen) atoms. The number of methoxy groups -OCH3 is 1. The summed E-state index contributed by atoms with van der Waals surface area (Å²) < 4.78 is 7.15. The Labute approximate surface area is 218 Å². The van der Waals surface area contributed by atoms with Crippen molar-refractivity contribution < 1.29 is 19.4 Å². The molecule has 0 saturated carbocycles. The second kappa shape index (κ2) is 10.8. The molecule has 0 unspecified atom stereocenters. The van der Waals surface area contributed by atoms with Gasteiger partial charge in [0.1, 0.15) is 5.75 Å². The van der Waals surface area contributed by atoms with Gasteiger partial charge in [-0.15, -0.1) is 11.3 Å². The van der Waals surface area contributed by atoms with E-state index in [0.29, 0.717) is 6.42 Å². The minimum atomic E-state index is -0.917. The van der Waals surface area contributed by atoms with Crippen LogP contribution >= 0.6 is 11.3 Å². The fourth-order valence-corrected chi connectivity index (χ4v) is 5.12. The molecule has 0 bridgehead atoms. The Kier molecular flexibility index (Phi) is 7.14. The number of amides is 1. The van der Waals surface area contributed by atoms with Crippen LogP contribution in [0.15, 0.2) is 83.4 Å². The van der Waals surface area contributed by atoms with E-state index in [4.69, 9.17) is 20.0 Å². The number of aromatic nitrogens is 2. The number of aliphatic carboxylic acids is 1. The van der Waals surface area contributed by atoms with E-state index in [1.807, 2.05) is 83.0 Å². The molecule has 4 aromatic rings. The molecule has 1 amide bonds. The molecule has 3 heterocycles. The van der Waals surface area contributed by atoms with E-state index >= 15 is 0 Å². The summed E-state index contributed by atoms with van der Waals surface area (Å²) in [6, 6.07) is 21.1. The number of carboxylic acids is 1. The maximum atomic E-state index is 13.3. The predicted octanol–water partition coefficient (Wildman–Crippen LogP) is 5.54. The highest BCUT2D eigenvalue weighted by atomic mass is 32.1. The van der Waals surface area contributed by atoms with Crippen molar-refractivity contribution in [2.75, 3.05) is 7.11 Å². The van der Waals surface area contributed by atoms with E-state index in [0.717, 1.165) is 38.8 Å². The van der Waals surface area contributed by atoms with E-state index in [1.54, 1.807) is 18.4 Å². The van der Waals surface area contributed by atoms with Crippen LogP contribution in [-0.2, 0) is 9.59 Å². The molecule has 8 nitrogen and oxygen atoms in total. The molecule has 0 saturated heterocycles. The van der Waals surface area contributed by atoms with Gasteiger partial charge in [-0.25, -0.2) is 9.69 Å². The summed E-state index contributed by atoms with van der Waals surface area (Å²) in [5, 5.41) is 22.2. The second-order valence-electron chi connectivity index (χ2n) is 8.67. The fourth-order valence-electron chi connectivity index (χ4n) is 4.40. The predicted molar refractivity (Wildman–Crippen MR) is 142 cm³/mol. The number of rotatable bonds is 9. The average molecular weight is 515 g/mol. The largest absolute Gasteiger partial charge is 0.497 e. The minimum absolute atomic E-state index is 0.0607. The molecule has 2 aromatic carbocycles. The number of carbonyl (C=O) groups excluding carboxylic acids is 1. The lowest BCUT2D eigenvalue weighted by Crippen LogP contribution is -2.27. The lowest BCUT2D eigenvalue weighted by molar-refractivity contribution is -0.137. The molecule has 1 aliphatic heterocycles. The van der Waals surface area contributed by atoms with Gasteiger partial charge in [-0.05, 0) is 54.3 Å². The lowest BCUT2D eigenvalue weighted by atomic mass is 9.98. The normalized spacial score (nSPS) is 15.0. The Balaban J connectivity index is 1.56. The van der Waals surface area contributed by atoms with Gasteiger partial charge in [0, 0.05) is 36.6 Å². The zero-order valence-electron chi connectivity index (χ0n) is 20.3. The van der Waals surface area contributed by atoms with Gasteiger partial charge in [-0.1, -0.05) is 24.3 Å². The van der Waals surface area contributed by atoms with Gasteiger partial charge in [0.05, 0.1) is 35.1 Å². The van der Waals surface area contributed by atoms with Crippen molar-refractivity contribution >= 4 is 28.9 Å². The number of thiophene rings is 1. The highest BCUT2D eigenvalue weighted by Crippen LogP contribution is 2.39. The Morgan fingerprint density at radius 3 is 2.51 bits per heavy atom. The third-order valence-electron chi connectivity index (χ3n) is 6.24. The number of para-hydroxylation sites is 1. The SMILES string of the molecule is COc1ccc(-c2nn(-c3ccccc3)cc2[C@H]2CC(c3cccs3)=NN2C(=O)CCCC(=O)O)cc1. The van der Waals surface area contributed by atoms with Crippen LogP contribution in [0.1, 0.15) is 42.2 Å². The van der Waals surface area contributed by atoms with Gasteiger partial charge in [-0.3, -0.25) is 9.59 Å². The number of hydrazone groups is 1. The summed E-state index contributed by atoms with van der Waals surface area (Å²) in [5.74, 6) is -0.377. The van der Waals surface area contributed by atoms with Gasteiger partial charge >= 0.3 is 5.97 Å². The van der Waals surface area contributed by atoms with Crippen molar-refractivity contribution in [2.45, 2.75) is 31.7 Å². The Hall–Kier alpha value is -4.24. The Bertz CT molecular complexity index is 1410. The molecule has 0 spiro atoms. The summed E-state index contributed by atoms with van der Waals surface area (Å²) in [5.41, 5.74) is 4.26. The molecular formula is C28H26N4O4S. The van der Waals surface area contributed by atoms with Crippen LogP contribution in [0.25, 0.3) is 16.9 Å². The van der Waals surface area contributed by atoms with Crippen molar-refractivity contribution in [1.82, 2.24) is 14.8 Å². The van der Waals surface area contributed by atoms with E-state index in [-0.39, 0.29) is 31.2 Å². The number of ether oxygens (including phenoxy) is 1. The summed E-state index contributed by atoms with van der Waals surface area (Å²) in [6.45, 7) is 0. The summed E-state index contributed by atoms with van der Waals surface area (Å²) >= 11 is 1.58. The van der Waals surface area contributed by atoms with Crippen molar-refractivity contribution in [3.8, 4) is 22.7 Å². The van der Waals surface area contributed by atoms with Crippen molar-refractivity contribution in [3.05, 3.63) is 88.7 Å². The van der Waals surface area contributed by atoms with E-state index in [1.165, 1.54) is 5.01 Å². The molecule has 5 rings (SSSR count). The summed E-state index contributed by atoms with van der Waals surface area (Å²) in [4.78, 5) is 25.3. The van der Waals surface area contributed by atoms with Gasteiger partial charge in [-0.2, -0.15) is 10.2 Å². The van der Waals surface area contributed by atoms with Crippen molar-refractivity contribution in [1.29, 1.82) is 0 Å². The van der Waals surface area contributed by atoms with Crippen LogP contribution in [0, 0.1) is 0 Å². The average Bonchev–Trinajstić information content (AvgIpc) is 3.68. The smallest absolute Gasteiger partial charge is 0.303 e. The molecule has 1 atom stereocenters.